The van der Waals surface area contributed by atoms with E-state index in [0.29, 0.717) is 5.11 Å². The van der Waals surface area contributed by atoms with Gasteiger partial charge in [-0.3, -0.25) is 0 Å². The van der Waals surface area contributed by atoms with Crippen LogP contribution in [0.4, 0.5) is 5.69 Å². The first-order valence-corrected chi connectivity index (χ1v) is 5.69. The summed E-state index contributed by atoms with van der Waals surface area (Å²) in [6, 6.07) is 15.6. The molecule has 0 aliphatic rings. The Bertz CT molecular complexity index is 572. The van der Waals surface area contributed by atoms with Gasteiger partial charge in [-0.1, -0.05) is 24.3 Å². The van der Waals surface area contributed by atoms with Crippen LogP contribution < -0.4 is 10.8 Å². The zero-order valence-corrected chi connectivity index (χ0v) is 10.3. The van der Waals surface area contributed by atoms with Gasteiger partial charge in [-0.15, -0.1) is 0 Å². The van der Waals surface area contributed by atoms with E-state index in [4.69, 9.17) is 12.2 Å². The molecule has 86 valence electrons. The molecule has 0 saturated heterocycles. The average molecular weight is 243 g/mol. The van der Waals surface area contributed by atoms with Crippen LogP contribution in [0.25, 0.3) is 0 Å². The summed E-state index contributed by atoms with van der Waals surface area (Å²) in [5, 5.41) is 3.53. The second kappa shape index (κ2) is 5.41. The zero-order chi connectivity index (χ0) is 12.1. The van der Waals surface area contributed by atoms with Crippen molar-refractivity contribution in [3.05, 3.63) is 60.2 Å². The Balaban J connectivity index is 2.18. The predicted molar refractivity (Wildman–Crippen MR) is 73.6 cm³/mol. The van der Waals surface area contributed by atoms with Gasteiger partial charge in [0.05, 0.1) is 0 Å². The van der Waals surface area contributed by atoms with Crippen LogP contribution in [0, 0.1) is 0 Å². The molecule has 2 aromatic rings. The maximum Gasteiger partial charge on any atom is 0.199 e. The largest absolute Gasteiger partial charge is 0.336 e. The summed E-state index contributed by atoms with van der Waals surface area (Å²) in [5.74, 6) is 0. The van der Waals surface area contributed by atoms with Crippen molar-refractivity contribution in [3.63, 3.8) is 0 Å². The predicted octanol–water partition coefficient (Wildman–Crippen LogP) is 2.32. The molecule has 1 aromatic heterocycles. The number of hydrogen-bond acceptors (Lipinski definition) is 1. The Morgan fingerprint density at radius 3 is 2.53 bits per heavy atom. The summed E-state index contributed by atoms with van der Waals surface area (Å²) >= 11 is 5.19. The molecule has 4 heteroatoms. The molecular formula is C13H13N3S. The van der Waals surface area contributed by atoms with Gasteiger partial charge < -0.3 is 9.88 Å². The number of anilines is 1. The normalized spacial score (nSPS) is 11.2. The molecule has 0 bridgehead atoms. The van der Waals surface area contributed by atoms with E-state index in [-0.39, 0.29) is 0 Å². The lowest BCUT2D eigenvalue weighted by Gasteiger charge is -2.03. The van der Waals surface area contributed by atoms with Crippen LogP contribution in [-0.2, 0) is 7.05 Å². The van der Waals surface area contributed by atoms with E-state index in [1.807, 2.05) is 66.3 Å². The Morgan fingerprint density at radius 1 is 1.12 bits per heavy atom. The molecule has 0 saturated carbocycles. The third kappa shape index (κ3) is 3.26. The van der Waals surface area contributed by atoms with Gasteiger partial charge in [0.25, 0.3) is 0 Å². The number of rotatable bonds is 1. The Morgan fingerprint density at radius 2 is 1.82 bits per heavy atom. The Hall–Kier alpha value is -1.94. The Labute approximate surface area is 105 Å². The fourth-order valence-electron chi connectivity index (χ4n) is 1.41. The summed E-state index contributed by atoms with van der Waals surface area (Å²) in [6.07, 6.45) is 1.93. The maximum atomic E-state index is 5.19. The standard InChI is InChI=1S/C13H13N3S/c1-16-10-6-5-9-12(16)15-13(17)14-11-7-3-2-4-8-11/h2-10H,1H3,(H,14,17)/b15-12+. The molecule has 3 nitrogen and oxygen atoms in total. The molecule has 0 amide bonds. The highest BCUT2D eigenvalue weighted by Gasteiger charge is 1.94. The second-order valence-corrected chi connectivity index (χ2v) is 3.96. The van der Waals surface area contributed by atoms with Gasteiger partial charge in [0, 0.05) is 18.9 Å². The molecule has 17 heavy (non-hydrogen) atoms. The number of aromatic nitrogens is 1. The number of aryl methyl sites for hydroxylation is 1. The minimum atomic E-state index is 0.456. The highest BCUT2D eigenvalue weighted by atomic mass is 32.1. The van der Waals surface area contributed by atoms with Crippen molar-refractivity contribution in [2.24, 2.45) is 12.0 Å². The van der Waals surface area contributed by atoms with Gasteiger partial charge in [-0.25, -0.2) is 4.99 Å². The molecule has 0 radical (unpaired) electrons. The third-order valence-corrected chi connectivity index (χ3v) is 2.46. The molecule has 1 N–H and O–H groups in total. The topological polar surface area (TPSA) is 29.3 Å². The molecule has 0 aliphatic carbocycles. The van der Waals surface area contributed by atoms with Crippen LogP contribution in [0.1, 0.15) is 0 Å². The van der Waals surface area contributed by atoms with Crippen molar-refractivity contribution in [3.8, 4) is 0 Å². The van der Waals surface area contributed by atoms with Crippen molar-refractivity contribution in [1.29, 1.82) is 0 Å². The smallest absolute Gasteiger partial charge is 0.199 e. The van der Waals surface area contributed by atoms with Crippen molar-refractivity contribution in [1.82, 2.24) is 4.57 Å². The molecule has 1 aromatic carbocycles. The van der Waals surface area contributed by atoms with Gasteiger partial charge in [-0.05, 0) is 36.5 Å². The first-order valence-electron chi connectivity index (χ1n) is 5.28. The lowest BCUT2D eigenvalue weighted by atomic mass is 10.3. The molecule has 0 spiro atoms. The van der Waals surface area contributed by atoms with Crippen molar-refractivity contribution in [2.75, 3.05) is 5.32 Å². The van der Waals surface area contributed by atoms with Crippen LogP contribution in [0.15, 0.2) is 59.7 Å². The minimum Gasteiger partial charge on any atom is -0.336 e. The number of nitrogens with one attached hydrogen (secondary N) is 1. The maximum absolute atomic E-state index is 5.19. The third-order valence-electron chi connectivity index (χ3n) is 2.27. The summed E-state index contributed by atoms with van der Waals surface area (Å²) in [5.41, 5.74) is 1.76. The summed E-state index contributed by atoms with van der Waals surface area (Å²) in [6.45, 7) is 0. The first-order chi connectivity index (χ1) is 8.25. The fraction of sp³-hybridized carbons (Fsp3) is 0.0769. The molecule has 0 atom stereocenters. The molecule has 2 rings (SSSR count). The molecule has 1 heterocycles. The first kappa shape index (κ1) is 11.5. The van der Waals surface area contributed by atoms with Crippen LogP contribution in [0.5, 0.6) is 0 Å². The summed E-state index contributed by atoms with van der Waals surface area (Å²) in [7, 11) is 1.93. The van der Waals surface area contributed by atoms with Gasteiger partial charge >= 0.3 is 0 Å². The zero-order valence-electron chi connectivity index (χ0n) is 9.50. The number of para-hydroxylation sites is 1. The Kier molecular flexibility index (Phi) is 3.67. The minimum absolute atomic E-state index is 0.456. The lowest BCUT2D eigenvalue weighted by molar-refractivity contribution is 0.839. The van der Waals surface area contributed by atoms with Crippen molar-refractivity contribution in [2.45, 2.75) is 0 Å². The van der Waals surface area contributed by atoms with Gasteiger partial charge in [0.2, 0.25) is 0 Å². The monoisotopic (exact) mass is 243 g/mol. The van der Waals surface area contributed by atoms with E-state index in [9.17, 15) is 0 Å². The molecule has 0 unspecified atom stereocenters. The quantitative estimate of drug-likeness (QED) is 0.779. The van der Waals surface area contributed by atoms with Gasteiger partial charge in [-0.2, -0.15) is 0 Å². The highest BCUT2D eigenvalue weighted by molar-refractivity contribution is 7.80. The van der Waals surface area contributed by atoms with E-state index in [0.717, 1.165) is 11.2 Å². The fourth-order valence-corrected chi connectivity index (χ4v) is 1.62. The van der Waals surface area contributed by atoms with Gasteiger partial charge in [0.1, 0.15) is 5.49 Å². The molecule has 0 fully saturated rings. The number of thiocarbonyl (C=S) groups is 1. The highest BCUT2D eigenvalue weighted by Crippen LogP contribution is 2.04. The second-order valence-electron chi connectivity index (χ2n) is 3.58. The van der Waals surface area contributed by atoms with Gasteiger partial charge in [0.15, 0.2) is 5.11 Å². The molecule has 0 aliphatic heterocycles. The number of nitrogens with zero attached hydrogens (tertiary/aromatic N) is 2. The van der Waals surface area contributed by atoms with Crippen LogP contribution >= 0.6 is 12.2 Å². The van der Waals surface area contributed by atoms with E-state index in [2.05, 4.69) is 10.3 Å². The van der Waals surface area contributed by atoms with E-state index < -0.39 is 0 Å². The SMILES string of the molecule is Cn1cccc/c1=N\C(=S)Nc1ccccc1. The van der Waals surface area contributed by atoms with Crippen molar-refractivity contribution < 1.29 is 0 Å². The average Bonchev–Trinajstić information content (AvgIpc) is 2.33. The number of benzene rings is 1. The summed E-state index contributed by atoms with van der Waals surface area (Å²) in [4.78, 5) is 4.34. The van der Waals surface area contributed by atoms with E-state index in [1.54, 1.807) is 0 Å². The summed E-state index contributed by atoms with van der Waals surface area (Å²) < 4.78 is 1.92. The molecular weight excluding hydrogens is 230 g/mol. The number of pyridine rings is 1. The van der Waals surface area contributed by atoms with Crippen LogP contribution in [0.2, 0.25) is 0 Å². The van der Waals surface area contributed by atoms with E-state index >= 15 is 0 Å². The number of hydrogen-bond donors (Lipinski definition) is 1. The van der Waals surface area contributed by atoms with E-state index in [1.165, 1.54) is 0 Å². The van der Waals surface area contributed by atoms with Crippen molar-refractivity contribution >= 4 is 23.0 Å². The van der Waals surface area contributed by atoms with Crippen LogP contribution in [-0.4, -0.2) is 9.68 Å². The lowest BCUT2D eigenvalue weighted by Crippen LogP contribution is -2.20. The van der Waals surface area contributed by atoms with Crippen LogP contribution in [0.3, 0.4) is 0 Å².